The number of rotatable bonds is 2. The molecule has 0 aliphatic carbocycles. The molecule has 1 aromatic rings. The largest absolute Gasteiger partial charge is 0.388 e. The molecule has 0 saturated carbocycles. The van der Waals surface area contributed by atoms with Crippen molar-refractivity contribution in [2.45, 2.75) is 25.5 Å². The van der Waals surface area contributed by atoms with Crippen LogP contribution in [-0.4, -0.2) is 22.2 Å². The summed E-state index contributed by atoms with van der Waals surface area (Å²) in [4.78, 5) is 2.18. The Morgan fingerprint density at radius 2 is 2.07 bits per heavy atom. The lowest BCUT2D eigenvalue weighted by molar-refractivity contribution is 0.0971. The highest BCUT2D eigenvalue weighted by molar-refractivity contribution is 5.15. The van der Waals surface area contributed by atoms with E-state index in [1.165, 1.54) is 5.56 Å². The van der Waals surface area contributed by atoms with Crippen molar-refractivity contribution in [3.63, 3.8) is 0 Å². The molecule has 2 heteroatoms. The molecule has 1 aliphatic heterocycles. The summed E-state index contributed by atoms with van der Waals surface area (Å²) in [5, 5.41) is 9.75. The van der Waals surface area contributed by atoms with E-state index < -0.39 is 5.60 Å². The first-order valence-corrected chi connectivity index (χ1v) is 5.02. The number of aliphatic hydroxyl groups is 1. The zero-order chi connectivity index (χ0) is 10.0. The Labute approximate surface area is 85.2 Å². The fourth-order valence-corrected chi connectivity index (χ4v) is 1.84. The van der Waals surface area contributed by atoms with E-state index in [-0.39, 0.29) is 0 Å². The highest BCUT2D eigenvalue weighted by Gasteiger charge is 2.31. The third-order valence-corrected chi connectivity index (χ3v) is 2.59. The molecule has 1 fully saturated rings. The fourth-order valence-electron chi connectivity index (χ4n) is 1.84. The molecule has 0 bridgehead atoms. The molecule has 1 radical (unpaired) electrons. The van der Waals surface area contributed by atoms with Gasteiger partial charge in [0.25, 0.3) is 0 Å². The molecular weight excluding hydrogens is 174 g/mol. The minimum Gasteiger partial charge on any atom is -0.388 e. The smallest absolute Gasteiger partial charge is 0.0802 e. The van der Waals surface area contributed by atoms with Gasteiger partial charge in [-0.15, -0.1) is 0 Å². The molecule has 1 unspecified atom stereocenters. The first kappa shape index (κ1) is 9.69. The topological polar surface area (TPSA) is 23.5 Å². The van der Waals surface area contributed by atoms with Crippen LogP contribution in [0.25, 0.3) is 0 Å². The Morgan fingerprint density at radius 3 is 2.64 bits per heavy atom. The van der Waals surface area contributed by atoms with Crippen molar-refractivity contribution in [3.05, 3.63) is 42.4 Å². The Kier molecular flexibility index (Phi) is 2.57. The molecule has 0 aromatic heterocycles. The SMILES string of the molecule is CC1(O)[CH]N(Cc2ccccc2)CC1. The molecule has 1 aliphatic rings. The van der Waals surface area contributed by atoms with E-state index in [1.54, 1.807) is 0 Å². The Balaban J connectivity index is 1.94. The van der Waals surface area contributed by atoms with Crippen LogP contribution in [0, 0.1) is 6.54 Å². The highest BCUT2D eigenvalue weighted by Crippen LogP contribution is 2.25. The normalized spacial score (nSPS) is 28.1. The van der Waals surface area contributed by atoms with Gasteiger partial charge >= 0.3 is 0 Å². The molecule has 2 nitrogen and oxygen atoms in total. The molecule has 75 valence electrons. The van der Waals surface area contributed by atoms with Crippen molar-refractivity contribution in [2.24, 2.45) is 0 Å². The lowest BCUT2D eigenvalue weighted by atomic mass is 10.1. The molecule has 1 saturated heterocycles. The summed E-state index contributed by atoms with van der Waals surface area (Å²) >= 11 is 0. The highest BCUT2D eigenvalue weighted by atomic mass is 16.3. The minimum atomic E-state index is -0.602. The van der Waals surface area contributed by atoms with Crippen LogP contribution < -0.4 is 0 Å². The summed E-state index contributed by atoms with van der Waals surface area (Å²) in [7, 11) is 0. The van der Waals surface area contributed by atoms with Crippen LogP contribution in [0.2, 0.25) is 0 Å². The van der Waals surface area contributed by atoms with Crippen molar-refractivity contribution in [1.29, 1.82) is 0 Å². The second-order valence-electron chi connectivity index (χ2n) is 4.19. The van der Waals surface area contributed by atoms with Crippen molar-refractivity contribution < 1.29 is 5.11 Å². The van der Waals surface area contributed by atoms with E-state index >= 15 is 0 Å². The molecule has 1 atom stereocenters. The average molecular weight is 190 g/mol. The fraction of sp³-hybridized carbons (Fsp3) is 0.417. The van der Waals surface area contributed by atoms with Crippen LogP contribution in [0.5, 0.6) is 0 Å². The van der Waals surface area contributed by atoms with Gasteiger partial charge in [0.2, 0.25) is 0 Å². The van der Waals surface area contributed by atoms with E-state index in [0.717, 1.165) is 19.5 Å². The molecule has 1 N–H and O–H groups in total. The number of nitrogens with zero attached hydrogens (tertiary/aromatic N) is 1. The van der Waals surface area contributed by atoms with Crippen LogP contribution in [0.3, 0.4) is 0 Å². The van der Waals surface area contributed by atoms with E-state index in [0.29, 0.717) is 0 Å². The second-order valence-corrected chi connectivity index (χ2v) is 4.19. The Morgan fingerprint density at radius 1 is 1.36 bits per heavy atom. The lowest BCUT2D eigenvalue weighted by Crippen LogP contribution is -2.23. The van der Waals surface area contributed by atoms with Gasteiger partial charge in [-0.1, -0.05) is 30.3 Å². The average Bonchev–Trinajstić information content (AvgIpc) is 2.47. The maximum atomic E-state index is 9.75. The van der Waals surface area contributed by atoms with E-state index in [1.807, 2.05) is 31.7 Å². The standard InChI is InChI=1S/C12H16NO/c1-12(14)7-8-13(10-12)9-11-5-3-2-4-6-11/h2-6,10,14H,7-9H2,1H3. The summed E-state index contributed by atoms with van der Waals surface area (Å²) in [5.41, 5.74) is 0.691. The van der Waals surface area contributed by atoms with Crippen molar-refractivity contribution in [1.82, 2.24) is 4.90 Å². The monoisotopic (exact) mass is 190 g/mol. The van der Waals surface area contributed by atoms with E-state index in [4.69, 9.17) is 0 Å². The molecule has 2 rings (SSSR count). The van der Waals surface area contributed by atoms with Gasteiger partial charge in [-0.2, -0.15) is 0 Å². The van der Waals surface area contributed by atoms with Crippen LogP contribution >= 0.6 is 0 Å². The molecule has 14 heavy (non-hydrogen) atoms. The number of hydrogen-bond acceptors (Lipinski definition) is 2. The van der Waals surface area contributed by atoms with Crippen LogP contribution in [0.1, 0.15) is 18.9 Å². The quantitative estimate of drug-likeness (QED) is 0.768. The maximum Gasteiger partial charge on any atom is 0.0802 e. The molecule has 1 aromatic carbocycles. The van der Waals surface area contributed by atoms with Gasteiger partial charge in [-0.25, -0.2) is 0 Å². The van der Waals surface area contributed by atoms with Gasteiger partial charge in [-0.3, -0.25) is 4.90 Å². The summed E-state index contributed by atoms with van der Waals surface area (Å²) in [6.07, 6.45) is 0.833. The summed E-state index contributed by atoms with van der Waals surface area (Å²) in [5.74, 6) is 0. The second kappa shape index (κ2) is 3.71. The van der Waals surface area contributed by atoms with Gasteiger partial charge in [0, 0.05) is 13.1 Å². The Hall–Kier alpha value is -0.860. The van der Waals surface area contributed by atoms with Crippen molar-refractivity contribution in [2.75, 3.05) is 6.54 Å². The van der Waals surface area contributed by atoms with Crippen LogP contribution in [-0.2, 0) is 6.54 Å². The summed E-state index contributed by atoms with van der Waals surface area (Å²) in [6.45, 7) is 5.64. The number of hydrogen-bond donors (Lipinski definition) is 1. The van der Waals surface area contributed by atoms with Gasteiger partial charge in [0.1, 0.15) is 0 Å². The number of likely N-dealkylation sites (tertiary alicyclic amines) is 1. The van der Waals surface area contributed by atoms with Crippen molar-refractivity contribution in [3.8, 4) is 0 Å². The maximum absolute atomic E-state index is 9.75. The first-order valence-electron chi connectivity index (χ1n) is 5.02. The zero-order valence-corrected chi connectivity index (χ0v) is 8.48. The third-order valence-electron chi connectivity index (χ3n) is 2.59. The lowest BCUT2D eigenvalue weighted by Gasteiger charge is -2.17. The summed E-state index contributed by atoms with van der Waals surface area (Å²) < 4.78 is 0. The van der Waals surface area contributed by atoms with Gasteiger partial charge < -0.3 is 5.11 Å². The third kappa shape index (κ3) is 2.34. The van der Waals surface area contributed by atoms with Crippen molar-refractivity contribution >= 4 is 0 Å². The molecule has 1 heterocycles. The van der Waals surface area contributed by atoms with E-state index in [9.17, 15) is 5.11 Å². The predicted octanol–water partition coefficient (Wildman–Crippen LogP) is 1.81. The van der Waals surface area contributed by atoms with Gasteiger partial charge in [0.05, 0.1) is 12.1 Å². The molecular formula is C12H16NO. The summed E-state index contributed by atoms with van der Waals surface area (Å²) in [6, 6.07) is 10.3. The van der Waals surface area contributed by atoms with Gasteiger partial charge in [-0.05, 0) is 18.9 Å². The van der Waals surface area contributed by atoms with E-state index in [2.05, 4.69) is 17.0 Å². The molecule has 0 spiro atoms. The zero-order valence-electron chi connectivity index (χ0n) is 8.48. The minimum absolute atomic E-state index is 0.602. The number of benzene rings is 1. The molecule has 0 amide bonds. The van der Waals surface area contributed by atoms with Crippen LogP contribution in [0.15, 0.2) is 30.3 Å². The Bertz CT molecular complexity index is 294. The van der Waals surface area contributed by atoms with Gasteiger partial charge in [0.15, 0.2) is 0 Å². The predicted molar refractivity (Wildman–Crippen MR) is 56.4 cm³/mol. The van der Waals surface area contributed by atoms with Crippen LogP contribution in [0.4, 0.5) is 0 Å². The first-order chi connectivity index (χ1) is 6.66.